The molecule has 2 nitrogen and oxygen atoms in total. The van der Waals surface area contributed by atoms with Gasteiger partial charge < -0.3 is 10.5 Å². The molecule has 1 aromatic rings. The number of nitrogens with two attached hydrogens (primary N) is 1. The molecule has 0 aromatic heterocycles. The average molecular weight is 205 g/mol. The van der Waals surface area contributed by atoms with Crippen molar-refractivity contribution in [3.05, 3.63) is 42.0 Å². The zero-order valence-electron chi connectivity index (χ0n) is 9.49. The molecule has 0 heterocycles. The van der Waals surface area contributed by atoms with Gasteiger partial charge in [0.05, 0.1) is 0 Å². The fraction of sp³-hybridized carbons (Fsp3) is 0.385. The third-order valence-corrected chi connectivity index (χ3v) is 2.23. The molecule has 2 N–H and O–H groups in total. The zero-order chi connectivity index (χ0) is 11.3. The molecule has 0 aliphatic carbocycles. The summed E-state index contributed by atoms with van der Waals surface area (Å²) in [7, 11) is 0. The van der Waals surface area contributed by atoms with E-state index in [1.165, 1.54) is 0 Å². The Labute approximate surface area is 91.7 Å². The molecule has 0 spiro atoms. The molecule has 1 atom stereocenters. The molecule has 0 unspecified atom stereocenters. The minimum absolute atomic E-state index is 0.0475. The van der Waals surface area contributed by atoms with Gasteiger partial charge in [0.25, 0.3) is 0 Å². The van der Waals surface area contributed by atoms with Crippen LogP contribution in [0.15, 0.2) is 36.4 Å². The van der Waals surface area contributed by atoms with E-state index in [-0.39, 0.29) is 6.04 Å². The molecule has 82 valence electrons. The van der Waals surface area contributed by atoms with Gasteiger partial charge in [0, 0.05) is 11.6 Å². The SMILES string of the molecule is C=C(C)COc1ccccc1[C@H](N)CC. The highest BCUT2D eigenvalue weighted by Crippen LogP contribution is 2.25. The van der Waals surface area contributed by atoms with E-state index >= 15 is 0 Å². The Morgan fingerprint density at radius 1 is 1.47 bits per heavy atom. The molecule has 1 aromatic carbocycles. The number of rotatable bonds is 5. The van der Waals surface area contributed by atoms with Crippen molar-refractivity contribution < 1.29 is 4.74 Å². The third kappa shape index (κ3) is 3.40. The first-order valence-electron chi connectivity index (χ1n) is 5.26. The third-order valence-electron chi connectivity index (χ3n) is 2.23. The number of hydrogen-bond acceptors (Lipinski definition) is 2. The van der Waals surface area contributed by atoms with Crippen molar-refractivity contribution >= 4 is 0 Å². The Morgan fingerprint density at radius 3 is 2.73 bits per heavy atom. The lowest BCUT2D eigenvalue weighted by molar-refractivity contribution is 0.346. The first-order chi connectivity index (χ1) is 7.15. The first kappa shape index (κ1) is 11.8. The van der Waals surface area contributed by atoms with Crippen LogP contribution in [0.3, 0.4) is 0 Å². The highest BCUT2D eigenvalue weighted by molar-refractivity contribution is 5.35. The summed E-state index contributed by atoms with van der Waals surface area (Å²) in [6.07, 6.45) is 0.910. The first-order valence-corrected chi connectivity index (χ1v) is 5.26. The number of para-hydroxylation sites is 1. The van der Waals surface area contributed by atoms with Gasteiger partial charge >= 0.3 is 0 Å². The van der Waals surface area contributed by atoms with Gasteiger partial charge in [0.1, 0.15) is 12.4 Å². The summed E-state index contributed by atoms with van der Waals surface area (Å²) in [5, 5.41) is 0. The summed E-state index contributed by atoms with van der Waals surface area (Å²) < 4.78 is 5.64. The Morgan fingerprint density at radius 2 is 2.13 bits per heavy atom. The summed E-state index contributed by atoms with van der Waals surface area (Å²) in [5.41, 5.74) is 8.08. The average Bonchev–Trinajstić information content (AvgIpc) is 2.25. The predicted molar refractivity (Wildman–Crippen MR) is 64.0 cm³/mol. The second-order valence-electron chi connectivity index (χ2n) is 3.80. The van der Waals surface area contributed by atoms with Gasteiger partial charge in [-0.2, -0.15) is 0 Å². The molecule has 1 rings (SSSR count). The van der Waals surface area contributed by atoms with Crippen LogP contribution in [0.4, 0.5) is 0 Å². The number of benzene rings is 1. The lowest BCUT2D eigenvalue weighted by Crippen LogP contribution is -2.11. The van der Waals surface area contributed by atoms with Crippen molar-refractivity contribution in [1.82, 2.24) is 0 Å². The summed E-state index contributed by atoms with van der Waals surface area (Å²) in [4.78, 5) is 0. The number of hydrogen-bond donors (Lipinski definition) is 1. The van der Waals surface area contributed by atoms with Crippen LogP contribution >= 0.6 is 0 Å². The molecule has 2 heteroatoms. The molecule has 0 saturated carbocycles. The fourth-order valence-corrected chi connectivity index (χ4v) is 1.34. The number of ether oxygens (including phenoxy) is 1. The standard InChI is InChI=1S/C13H19NO/c1-4-12(14)11-7-5-6-8-13(11)15-9-10(2)3/h5-8,12H,2,4,9,14H2,1,3H3/t12-/m1/s1. The second kappa shape index (κ2) is 5.56. The highest BCUT2D eigenvalue weighted by atomic mass is 16.5. The van der Waals surface area contributed by atoms with Crippen LogP contribution in [-0.4, -0.2) is 6.61 Å². The van der Waals surface area contributed by atoms with Crippen LogP contribution in [0.2, 0.25) is 0 Å². The van der Waals surface area contributed by atoms with E-state index in [1.54, 1.807) is 0 Å². The largest absolute Gasteiger partial charge is 0.489 e. The fourth-order valence-electron chi connectivity index (χ4n) is 1.34. The van der Waals surface area contributed by atoms with Gasteiger partial charge in [-0.05, 0) is 25.0 Å². The van der Waals surface area contributed by atoms with E-state index in [0.717, 1.165) is 23.3 Å². The van der Waals surface area contributed by atoms with E-state index < -0.39 is 0 Å². The normalized spacial score (nSPS) is 12.2. The lowest BCUT2D eigenvalue weighted by Gasteiger charge is -2.15. The van der Waals surface area contributed by atoms with Crippen LogP contribution in [0.25, 0.3) is 0 Å². The van der Waals surface area contributed by atoms with Crippen molar-refractivity contribution in [2.75, 3.05) is 6.61 Å². The zero-order valence-corrected chi connectivity index (χ0v) is 9.49. The molecule has 0 saturated heterocycles. The van der Waals surface area contributed by atoms with Crippen LogP contribution in [0, 0.1) is 0 Å². The Bertz CT molecular complexity index is 333. The molecular weight excluding hydrogens is 186 g/mol. The minimum Gasteiger partial charge on any atom is -0.489 e. The molecule has 0 aliphatic rings. The summed E-state index contributed by atoms with van der Waals surface area (Å²) in [5.74, 6) is 0.870. The van der Waals surface area contributed by atoms with Crippen molar-refractivity contribution in [2.45, 2.75) is 26.3 Å². The quantitative estimate of drug-likeness (QED) is 0.750. The highest BCUT2D eigenvalue weighted by Gasteiger charge is 2.09. The maximum atomic E-state index is 6.00. The van der Waals surface area contributed by atoms with Crippen molar-refractivity contribution in [3.8, 4) is 5.75 Å². The van der Waals surface area contributed by atoms with E-state index in [0.29, 0.717) is 6.61 Å². The van der Waals surface area contributed by atoms with E-state index in [4.69, 9.17) is 10.5 Å². The second-order valence-corrected chi connectivity index (χ2v) is 3.80. The Balaban J connectivity index is 2.81. The molecular formula is C13H19NO. The molecule has 15 heavy (non-hydrogen) atoms. The lowest BCUT2D eigenvalue weighted by atomic mass is 10.0. The minimum atomic E-state index is 0.0475. The van der Waals surface area contributed by atoms with Crippen LogP contribution in [0.5, 0.6) is 5.75 Å². The summed E-state index contributed by atoms with van der Waals surface area (Å²) in [6, 6.07) is 7.96. The van der Waals surface area contributed by atoms with Crippen molar-refractivity contribution in [2.24, 2.45) is 5.73 Å². The van der Waals surface area contributed by atoms with Gasteiger partial charge in [-0.15, -0.1) is 0 Å². The van der Waals surface area contributed by atoms with E-state index in [2.05, 4.69) is 13.5 Å². The van der Waals surface area contributed by atoms with Gasteiger partial charge in [-0.1, -0.05) is 31.7 Å². The smallest absolute Gasteiger partial charge is 0.124 e. The Kier molecular flexibility index (Phi) is 4.37. The topological polar surface area (TPSA) is 35.2 Å². The molecule has 0 amide bonds. The van der Waals surface area contributed by atoms with Gasteiger partial charge in [0.15, 0.2) is 0 Å². The molecule has 0 aliphatic heterocycles. The van der Waals surface area contributed by atoms with Crippen LogP contribution < -0.4 is 10.5 Å². The maximum absolute atomic E-state index is 6.00. The Hall–Kier alpha value is -1.28. The molecule has 0 fully saturated rings. The van der Waals surface area contributed by atoms with Crippen molar-refractivity contribution in [3.63, 3.8) is 0 Å². The van der Waals surface area contributed by atoms with Crippen LogP contribution in [0.1, 0.15) is 31.9 Å². The summed E-state index contributed by atoms with van der Waals surface area (Å²) in [6.45, 7) is 8.37. The van der Waals surface area contributed by atoms with Crippen LogP contribution in [-0.2, 0) is 0 Å². The maximum Gasteiger partial charge on any atom is 0.124 e. The van der Waals surface area contributed by atoms with Gasteiger partial charge in [0.2, 0.25) is 0 Å². The van der Waals surface area contributed by atoms with Crippen molar-refractivity contribution in [1.29, 1.82) is 0 Å². The molecule has 0 radical (unpaired) electrons. The summed E-state index contributed by atoms with van der Waals surface area (Å²) >= 11 is 0. The molecule has 0 bridgehead atoms. The van der Waals surface area contributed by atoms with Gasteiger partial charge in [-0.3, -0.25) is 0 Å². The van der Waals surface area contributed by atoms with E-state index in [1.807, 2.05) is 31.2 Å². The predicted octanol–water partition coefficient (Wildman–Crippen LogP) is 3.05. The van der Waals surface area contributed by atoms with Gasteiger partial charge in [-0.25, -0.2) is 0 Å². The van der Waals surface area contributed by atoms with E-state index in [9.17, 15) is 0 Å². The monoisotopic (exact) mass is 205 g/mol.